The van der Waals surface area contributed by atoms with E-state index in [-0.39, 0.29) is 6.54 Å². The molecule has 0 aromatic carbocycles. The van der Waals surface area contributed by atoms with Gasteiger partial charge in [0.15, 0.2) is 0 Å². The Labute approximate surface area is 70.0 Å². The lowest BCUT2D eigenvalue weighted by Gasteiger charge is -2.10. The highest BCUT2D eigenvalue weighted by Gasteiger charge is 2.23. The zero-order chi connectivity index (χ0) is 9.78. The van der Waals surface area contributed by atoms with E-state index in [1.54, 1.807) is 11.6 Å². The van der Waals surface area contributed by atoms with E-state index in [0.29, 0.717) is 0 Å². The van der Waals surface area contributed by atoms with Crippen LogP contribution < -0.4 is 4.72 Å². The molecular formula is C5H11F2NO3S. The molecule has 0 aliphatic rings. The Morgan fingerprint density at radius 3 is 2.33 bits per heavy atom. The summed E-state index contributed by atoms with van der Waals surface area (Å²) >= 11 is 0. The lowest BCUT2D eigenvalue weighted by Crippen LogP contribution is -2.35. The van der Waals surface area contributed by atoms with E-state index >= 15 is 0 Å². The first-order valence-electron chi connectivity index (χ1n) is 3.19. The fourth-order valence-electron chi connectivity index (χ4n) is 0.380. The van der Waals surface area contributed by atoms with Crippen LogP contribution in [0.4, 0.5) is 8.78 Å². The van der Waals surface area contributed by atoms with Crippen molar-refractivity contribution in [2.75, 3.05) is 13.7 Å². The standard InChI is InChI=1S/C5H11F2NO3S/c1-4(11-2)3-8-12(9,10)5(6)7/h4-5,8H,3H2,1-2H3. The van der Waals surface area contributed by atoms with Gasteiger partial charge in [0.25, 0.3) is 10.0 Å². The average Bonchev–Trinajstić information content (AvgIpc) is 2.00. The summed E-state index contributed by atoms with van der Waals surface area (Å²) in [6.45, 7) is 1.41. The molecular weight excluding hydrogens is 192 g/mol. The predicted molar refractivity (Wildman–Crippen MR) is 39.4 cm³/mol. The quantitative estimate of drug-likeness (QED) is 0.692. The fraction of sp³-hybridized carbons (Fsp3) is 1.00. The molecule has 1 unspecified atom stereocenters. The van der Waals surface area contributed by atoms with Crippen LogP contribution >= 0.6 is 0 Å². The van der Waals surface area contributed by atoms with Crippen molar-refractivity contribution in [3.05, 3.63) is 0 Å². The molecule has 0 aliphatic carbocycles. The molecule has 0 fully saturated rings. The van der Waals surface area contributed by atoms with Gasteiger partial charge in [0, 0.05) is 13.7 Å². The highest BCUT2D eigenvalue weighted by Crippen LogP contribution is 2.01. The minimum atomic E-state index is -4.47. The van der Waals surface area contributed by atoms with Crippen molar-refractivity contribution in [3.8, 4) is 0 Å². The smallest absolute Gasteiger partial charge is 0.350 e. The third-order valence-corrected chi connectivity index (χ3v) is 2.25. The molecule has 0 spiro atoms. The fourth-order valence-corrected chi connectivity index (χ4v) is 0.973. The summed E-state index contributed by atoms with van der Waals surface area (Å²) in [4.78, 5) is 0. The molecule has 0 saturated carbocycles. The van der Waals surface area contributed by atoms with Crippen LogP contribution in [0.1, 0.15) is 6.92 Å². The summed E-state index contributed by atoms with van der Waals surface area (Å²) in [5, 5.41) is 0. The normalized spacial score (nSPS) is 15.1. The summed E-state index contributed by atoms with van der Waals surface area (Å²) in [6, 6.07) is 0. The largest absolute Gasteiger partial charge is 0.380 e. The van der Waals surface area contributed by atoms with Crippen LogP contribution in [0.15, 0.2) is 0 Å². The summed E-state index contributed by atoms with van der Waals surface area (Å²) in [5.74, 6) is -3.39. The molecule has 0 bridgehead atoms. The highest BCUT2D eigenvalue weighted by molar-refractivity contribution is 7.89. The first-order chi connectivity index (χ1) is 5.40. The van der Waals surface area contributed by atoms with Crippen LogP contribution in [0.25, 0.3) is 0 Å². The third-order valence-electron chi connectivity index (χ3n) is 1.21. The molecule has 0 aromatic heterocycles. The zero-order valence-corrected chi connectivity index (χ0v) is 7.57. The van der Waals surface area contributed by atoms with Crippen LogP contribution in [0.3, 0.4) is 0 Å². The van der Waals surface area contributed by atoms with Crippen molar-refractivity contribution in [1.82, 2.24) is 4.72 Å². The summed E-state index contributed by atoms with van der Waals surface area (Å²) < 4.78 is 50.6. The number of nitrogens with one attached hydrogen (secondary N) is 1. The van der Waals surface area contributed by atoms with Crippen molar-refractivity contribution < 1.29 is 21.9 Å². The maximum Gasteiger partial charge on any atom is 0.350 e. The van der Waals surface area contributed by atoms with Crippen molar-refractivity contribution in [2.45, 2.75) is 18.8 Å². The van der Waals surface area contributed by atoms with E-state index in [1.807, 2.05) is 0 Å². The molecule has 7 heteroatoms. The molecule has 0 aliphatic heterocycles. The lowest BCUT2D eigenvalue weighted by atomic mass is 10.4. The number of rotatable bonds is 5. The van der Waals surface area contributed by atoms with Gasteiger partial charge >= 0.3 is 5.76 Å². The topological polar surface area (TPSA) is 55.4 Å². The monoisotopic (exact) mass is 203 g/mol. The molecule has 1 atom stereocenters. The Balaban J connectivity index is 3.94. The van der Waals surface area contributed by atoms with Gasteiger partial charge < -0.3 is 4.74 Å². The number of methoxy groups -OCH3 is 1. The van der Waals surface area contributed by atoms with Gasteiger partial charge in [-0.15, -0.1) is 0 Å². The van der Waals surface area contributed by atoms with Crippen molar-refractivity contribution >= 4 is 10.0 Å². The number of sulfonamides is 1. The second-order valence-corrected chi connectivity index (χ2v) is 3.94. The number of hydrogen-bond donors (Lipinski definition) is 1. The van der Waals surface area contributed by atoms with Gasteiger partial charge in [-0.3, -0.25) is 0 Å². The zero-order valence-electron chi connectivity index (χ0n) is 6.75. The molecule has 0 heterocycles. The van der Waals surface area contributed by atoms with E-state index in [0.717, 1.165) is 0 Å². The maximum absolute atomic E-state index is 11.7. The molecule has 12 heavy (non-hydrogen) atoms. The third kappa shape index (κ3) is 3.93. The van der Waals surface area contributed by atoms with Gasteiger partial charge in [-0.2, -0.15) is 8.78 Å². The number of ether oxygens (including phenoxy) is 1. The van der Waals surface area contributed by atoms with Crippen molar-refractivity contribution in [3.63, 3.8) is 0 Å². The van der Waals surface area contributed by atoms with E-state index < -0.39 is 21.9 Å². The molecule has 4 nitrogen and oxygen atoms in total. The minimum absolute atomic E-state index is 0.150. The summed E-state index contributed by atoms with van der Waals surface area (Å²) in [5.41, 5.74) is 0. The Hall–Kier alpha value is -0.270. The molecule has 0 saturated heterocycles. The summed E-state index contributed by atoms with van der Waals surface area (Å²) in [7, 11) is -3.10. The number of alkyl halides is 2. The Bertz CT molecular complexity index is 217. The van der Waals surface area contributed by atoms with Gasteiger partial charge in [0.05, 0.1) is 6.10 Å². The molecule has 74 valence electrons. The van der Waals surface area contributed by atoms with Crippen LogP contribution in [-0.2, 0) is 14.8 Å². The molecule has 0 amide bonds. The number of hydrogen-bond acceptors (Lipinski definition) is 3. The van der Waals surface area contributed by atoms with Crippen LogP contribution in [0.5, 0.6) is 0 Å². The second-order valence-electron chi connectivity index (χ2n) is 2.20. The van der Waals surface area contributed by atoms with E-state index in [2.05, 4.69) is 4.74 Å². The van der Waals surface area contributed by atoms with Crippen molar-refractivity contribution in [2.24, 2.45) is 0 Å². The van der Waals surface area contributed by atoms with Crippen LogP contribution in [-0.4, -0.2) is 33.9 Å². The van der Waals surface area contributed by atoms with E-state index in [4.69, 9.17) is 0 Å². The van der Waals surface area contributed by atoms with Crippen molar-refractivity contribution in [1.29, 1.82) is 0 Å². The van der Waals surface area contributed by atoms with E-state index in [9.17, 15) is 17.2 Å². The number of halogens is 2. The first kappa shape index (κ1) is 11.7. The van der Waals surface area contributed by atoms with E-state index in [1.165, 1.54) is 7.11 Å². The molecule has 1 N–H and O–H groups in total. The molecule has 0 aromatic rings. The second kappa shape index (κ2) is 4.68. The van der Waals surface area contributed by atoms with Gasteiger partial charge in [-0.05, 0) is 6.92 Å². The SMILES string of the molecule is COC(C)CNS(=O)(=O)C(F)F. The lowest BCUT2D eigenvalue weighted by molar-refractivity contribution is 0.121. The Morgan fingerprint density at radius 2 is 2.00 bits per heavy atom. The Morgan fingerprint density at radius 1 is 1.50 bits per heavy atom. The highest BCUT2D eigenvalue weighted by atomic mass is 32.2. The first-order valence-corrected chi connectivity index (χ1v) is 4.74. The van der Waals surface area contributed by atoms with Gasteiger partial charge in [-0.25, -0.2) is 13.1 Å². The summed E-state index contributed by atoms with van der Waals surface area (Å²) in [6.07, 6.45) is -0.418. The maximum atomic E-state index is 11.7. The molecule has 0 rings (SSSR count). The average molecular weight is 203 g/mol. The van der Waals surface area contributed by atoms with Gasteiger partial charge in [0.2, 0.25) is 0 Å². The van der Waals surface area contributed by atoms with Gasteiger partial charge in [0.1, 0.15) is 0 Å². The van der Waals surface area contributed by atoms with Crippen LogP contribution in [0.2, 0.25) is 0 Å². The molecule has 0 radical (unpaired) electrons. The predicted octanol–water partition coefficient (Wildman–Crippen LogP) is 0.163. The minimum Gasteiger partial charge on any atom is -0.380 e. The van der Waals surface area contributed by atoms with Gasteiger partial charge in [-0.1, -0.05) is 0 Å². The van der Waals surface area contributed by atoms with Crippen LogP contribution in [0, 0.1) is 0 Å². The Kier molecular flexibility index (Phi) is 4.58.